The number of benzene rings is 2. The summed E-state index contributed by atoms with van der Waals surface area (Å²) in [5.41, 5.74) is 5.45. The number of hydrogen-bond donors (Lipinski definition) is 0. The molecule has 0 spiro atoms. The van der Waals surface area contributed by atoms with Gasteiger partial charge in [0.05, 0.1) is 13.2 Å². The third-order valence-electron chi connectivity index (χ3n) is 7.12. The highest BCUT2D eigenvalue weighted by atomic mass is 16.6. The minimum absolute atomic E-state index is 0.0173. The number of allylic oxidation sites excluding steroid dienone is 4. The second-order valence-corrected chi connectivity index (χ2v) is 12.3. The van der Waals surface area contributed by atoms with Crippen LogP contribution in [0.3, 0.4) is 0 Å². The van der Waals surface area contributed by atoms with Crippen LogP contribution in [0.5, 0.6) is 11.5 Å². The fraction of sp³-hybridized carbons (Fsp3) is 0.500. The lowest BCUT2D eigenvalue weighted by Crippen LogP contribution is -2.41. The Hall–Kier alpha value is -2.56. The molecule has 1 aliphatic carbocycles. The fourth-order valence-electron chi connectivity index (χ4n) is 5.58. The number of ether oxygens (including phenoxy) is 4. The highest BCUT2D eigenvalue weighted by Crippen LogP contribution is 2.42. The quantitative estimate of drug-likeness (QED) is 0.328. The second-order valence-electron chi connectivity index (χ2n) is 12.3. The van der Waals surface area contributed by atoms with E-state index in [1.807, 2.05) is 0 Å². The van der Waals surface area contributed by atoms with Gasteiger partial charge in [0.25, 0.3) is 0 Å². The Morgan fingerprint density at radius 1 is 0.833 bits per heavy atom. The molecule has 2 aromatic rings. The Morgan fingerprint density at radius 2 is 1.50 bits per heavy atom. The van der Waals surface area contributed by atoms with E-state index in [1.165, 1.54) is 22.3 Å². The van der Waals surface area contributed by atoms with Gasteiger partial charge in [-0.05, 0) is 71.2 Å². The van der Waals surface area contributed by atoms with Crippen LogP contribution in [0, 0.1) is 10.8 Å². The molecule has 4 nitrogen and oxygen atoms in total. The van der Waals surface area contributed by atoms with Crippen molar-refractivity contribution in [3.05, 3.63) is 71.8 Å². The van der Waals surface area contributed by atoms with Crippen molar-refractivity contribution in [3.8, 4) is 11.5 Å². The zero-order valence-corrected chi connectivity index (χ0v) is 22.4. The molecule has 0 amide bonds. The first-order valence-corrected chi connectivity index (χ1v) is 13.3. The Kier molecular flexibility index (Phi) is 7.02. The molecule has 0 bridgehead atoms. The Labute approximate surface area is 216 Å². The number of hydrogen-bond acceptors (Lipinski definition) is 4. The van der Waals surface area contributed by atoms with E-state index in [4.69, 9.17) is 18.9 Å². The third kappa shape index (κ3) is 6.60. The Bertz CT molecular complexity index is 1110. The molecule has 192 valence electrons. The third-order valence-corrected chi connectivity index (χ3v) is 7.12. The normalized spacial score (nSPS) is 22.4. The van der Waals surface area contributed by atoms with Gasteiger partial charge in [-0.1, -0.05) is 71.0 Å². The van der Waals surface area contributed by atoms with Gasteiger partial charge >= 0.3 is 0 Å². The molecule has 5 rings (SSSR count). The molecule has 3 unspecified atom stereocenters. The van der Waals surface area contributed by atoms with Crippen molar-refractivity contribution in [3.63, 3.8) is 0 Å². The monoisotopic (exact) mass is 488 g/mol. The summed E-state index contributed by atoms with van der Waals surface area (Å²) in [5.74, 6) is 1.83. The summed E-state index contributed by atoms with van der Waals surface area (Å²) in [7, 11) is 0. The zero-order valence-electron chi connectivity index (χ0n) is 22.4. The molecule has 0 aromatic heterocycles. The molecule has 0 saturated carbocycles. The van der Waals surface area contributed by atoms with Gasteiger partial charge in [0.1, 0.15) is 36.4 Å². The van der Waals surface area contributed by atoms with E-state index in [1.54, 1.807) is 0 Å². The summed E-state index contributed by atoms with van der Waals surface area (Å²) in [4.78, 5) is 0. The SMILES string of the molecule is CC(C)(C)CC(C)(C)C(Oc1cccc(C2=CCC(c3ccc(OCC4CO4)cc3)=CC2)c1)C1CO1. The molecule has 3 aliphatic rings. The molecule has 2 aliphatic heterocycles. The Morgan fingerprint density at radius 3 is 2.08 bits per heavy atom. The minimum Gasteiger partial charge on any atom is -0.491 e. The largest absolute Gasteiger partial charge is 0.491 e. The summed E-state index contributed by atoms with van der Waals surface area (Å²) in [6.07, 6.45) is 8.13. The van der Waals surface area contributed by atoms with Crippen LogP contribution in [0.4, 0.5) is 0 Å². The van der Waals surface area contributed by atoms with E-state index in [0.29, 0.717) is 6.61 Å². The molecule has 2 saturated heterocycles. The minimum atomic E-state index is 0.0173. The lowest BCUT2D eigenvalue weighted by atomic mass is 9.72. The standard InChI is InChI=1S/C32H40O4/c1-31(2,3)21-32(4,5)30(29-20-35-29)36-27-8-6-7-25(17-27)24-11-9-22(10-12-24)23-13-15-26(16-14-23)33-18-28-19-34-28/h6-9,12-17,28-30H,10-11,18-21H2,1-5H3. The maximum Gasteiger partial charge on any atom is 0.132 e. The van der Waals surface area contributed by atoms with E-state index in [-0.39, 0.29) is 29.1 Å². The lowest BCUT2D eigenvalue weighted by Gasteiger charge is -2.38. The van der Waals surface area contributed by atoms with Crippen molar-refractivity contribution in [1.82, 2.24) is 0 Å². The average Bonchev–Trinajstić information content (AvgIpc) is 3.75. The van der Waals surface area contributed by atoms with Crippen LogP contribution in [-0.4, -0.2) is 38.1 Å². The maximum atomic E-state index is 6.63. The first-order chi connectivity index (χ1) is 17.2. The van der Waals surface area contributed by atoms with Gasteiger partial charge < -0.3 is 18.9 Å². The van der Waals surface area contributed by atoms with Gasteiger partial charge in [-0.2, -0.15) is 0 Å². The van der Waals surface area contributed by atoms with E-state index in [9.17, 15) is 0 Å². The molecule has 2 heterocycles. The van der Waals surface area contributed by atoms with Crippen LogP contribution in [0.2, 0.25) is 0 Å². The zero-order chi connectivity index (χ0) is 25.3. The smallest absolute Gasteiger partial charge is 0.132 e. The van der Waals surface area contributed by atoms with Crippen molar-refractivity contribution in [2.45, 2.75) is 72.2 Å². The summed E-state index contributed by atoms with van der Waals surface area (Å²) in [5, 5.41) is 0. The fourth-order valence-corrected chi connectivity index (χ4v) is 5.58. The lowest BCUT2D eigenvalue weighted by molar-refractivity contribution is 0.0205. The predicted molar refractivity (Wildman–Crippen MR) is 145 cm³/mol. The summed E-state index contributed by atoms with van der Waals surface area (Å²) in [6.45, 7) is 13.8. The van der Waals surface area contributed by atoms with Gasteiger partial charge in [0, 0.05) is 5.41 Å². The van der Waals surface area contributed by atoms with Crippen molar-refractivity contribution in [2.75, 3.05) is 19.8 Å². The molecular formula is C32H40O4. The molecule has 4 heteroatoms. The molecule has 0 radical (unpaired) electrons. The maximum absolute atomic E-state index is 6.63. The second kappa shape index (κ2) is 10.1. The number of rotatable bonds is 10. The average molecular weight is 489 g/mol. The van der Waals surface area contributed by atoms with Gasteiger partial charge in [-0.15, -0.1) is 0 Å². The van der Waals surface area contributed by atoms with Crippen molar-refractivity contribution in [2.24, 2.45) is 10.8 Å². The highest BCUT2D eigenvalue weighted by molar-refractivity contribution is 5.78. The van der Waals surface area contributed by atoms with Gasteiger partial charge in [-0.3, -0.25) is 0 Å². The summed E-state index contributed by atoms with van der Waals surface area (Å²) in [6, 6.07) is 17.0. The van der Waals surface area contributed by atoms with Crippen LogP contribution >= 0.6 is 0 Å². The molecule has 3 atom stereocenters. The van der Waals surface area contributed by atoms with Crippen LogP contribution in [-0.2, 0) is 9.47 Å². The highest BCUT2D eigenvalue weighted by Gasteiger charge is 2.46. The van der Waals surface area contributed by atoms with Crippen LogP contribution in [0.25, 0.3) is 11.1 Å². The van der Waals surface area contributed by atoms with Gasteiger partial charge in [-0.25, -0.2) is 0 Å². The summed E-state index contributed by atoms with van der Waals surface area (Å²) >= 11 is 0. The number of epoxide rings is 2. The Balaban J connectivity index is 1.22. The first kappa shape index (κ1) is 25.1. The van der Waals surface area contributed by atoms with Crippen molar-refractivity contribution in [1.29, 1.82) is 0 Å². The topological polar surface area (TPSA) is 43.5 Å². The van der Waals surface area contributed by atoms with Crippen LogP contribution in [0.1, 0.15) is 65.0 Å². The first-order valence-electron chi connectivity index (χ1n) is 13.3. The van der Waals surface area contributed by atoms with E-state index >= 15 is 0 Å². The van der Waals surface area contributed by atoms with E-state index in [2.05, 4.69) is 95.3 Å². The summed E-state index contributed by atoms with van der Waals surface area (Å²) < 4.78 is 23.3. The predicted octanol–water partition coefficient (Wildman–Crippen LogP) is 7.33. The van der Waals surface area contributed by atoms with Gasteiger partial charge in [0.2, 0.25) is 0 Å². The molecule has 2 aromatic carbocycles. The van der Waals surface area contributed by atoms with Crippen molar-refractivity contribution >= 4 is 11.1 Å². The van der Waals surface area contributed by atoms with Crippen LogP contribution < -0.4 is 9.47 Å². The van der Waals surface area contributed by atoms with Crippen LogP contribution in [0.15, 0.2) is 60.7 Å². The van der Waals surface area contributed by atoms with Crippen molar-refractivity contribution < 1.29 is 18.9 Å². The molecule has 36 heavy (non-hydrogen) atoms. The van der Waals surface area contributed by atoms with E-state index < -0.39 is 0 Å². The molecular weight excluding hydrogens is 448 g/mol. The molecule has 2 fully saturated rings. The molecule has 0 N–H and O–H groups in total. The van der Waals surface area contributed by atoms with E-state index in [0.717, 1.165) is 44.0 Å². The van der Waals surface area contributed by atoms with Gasteiger partial charge in [0.15, 0.2) is 0 Å².